The molecule has 12 nitrogen and oxygen atoms in total. The average molecular weight is 328 g/mol. The molecular formula is C6H4N2O10S2. The highest BCUT2D eigenvalue weighted by molar-refractivity contribution is 7.86. The Morgan fingerprint density at radius 3 is 2.05 bits per heavy atom. The molecule has 0 aromatic heterocycles. The molecule has 0 aliphatic carbocycles. The molecule has 0 atom stereocenters. The highest BCUT2D eigenvalue weighted by Gasteiger charge is 2.30. The fourth-order valence-corrected chi connectivity index (χ4v) is 2.11. The molecule has 0 spiro atoms. The van der Waals surface area contributed by atoms with Crippen molar-refractivity contribution in [3.8, 4) is 5.75 Å². The van der Waals surface area contributed by atoms with Crippen LogP contribution in [0.15, 0.2) is 23.1 Å². The summed E-state index contributed by atoms with van der Waals surface area (Å²) in [5.74, 6) is -0.860. The SMILES string of the molecule is O=[N+]([O-])c1cc(OS(=O)(=O)[N+](=O)[O-])ccc1S(=O)(=O)O. The molecule has 1 aromatic rings. The van der Waals surface area contributed by atoms with E-state index in [1.54, 1.807) is 0 Å². The van der Waals surface area contributed by atoms with Crippen LogP contribution in [0, 0.1) is 20.2 Å². The average Bonchev–Trinajstić information content (AvgIpc) is 2.26. The molecule has 0 saturated carbocycles. The molecule has 0 unspecified atom stereocenters. The van der Waals surface area contributed by atoms with Gasteiger partial charge in [-0.25, -0.2) is 10.1 Å². The topological polar surface area (TPSA) is 184 Å². The van der Waals surface area contributed by atoms with Gasteiger partial charge in [0.25, 0.3) is 5.69 Å². The minimum Gasteiger partial charge on any atom is -0.330 e. The summed E-state index contributed by atoms with van der Waals surface area (Å²) in [5, 5.41) is 20.7. The maximum Gasteiger partial charge on any atom is 0.617 e. The predicted octanol–water partition coefficient (Wildman–Crippen LogP) is -0.258. The molecule has 110 valence electrons. The third-order valence-corrected chi connectivity index (χ3v) is 3.46. The largest absolute Gasteiger partial charge is 0.617 e. The van der Waals surface area contributed by atoms with Crippen LogP contribution < -0.4 is 4.18 Å². The van der Waals surface area contributed by atoms with Crippen LogP contribution in [0.5, 0.6) is 5.75 Å². The second-order valence-corrected chi connectivity index (χ2v) is 5.81. The van der Waals surface area contributed by atoms with Gasteiger partial charge in [0.05, 0.1) is 11.0 Å². The van der Waals surface area contributed by atoms with Crippen LogP contribution in [0.4, 0.5) is 5.69 Å². The van der Waals surface area contributed by atoms with Gasteiger partial charge in [-0.05, 0) is 12.1 Å². The molecule has 0 radical (unpaired) electrons. The standard InChI is InChI=1S/C6H4N2O10S2/c9-7(10)5-3-4(18-20(16,17)8(11)12)1-2-6(5)19(13,14)15/h1-3H,(H,13,14,15). The van der Waals surface area contributed by atoms with Crippen LogP contribution >= 0.6 is 0 Å². The number of benzene rings is 1. The Morgan fingerprint density at radius 2 is 1.65 bits per heavy atom. The minimum atomic E-state index is -5.25. The zero-order valence-corrected chi connectivity index (χ0v) is 10.7. The summed E-state index contributed by atoms with van der Waals surface area (Å²) in [6.07, 6.45) is 0. The van der Waals surface area contributed by atoms with Crippen molar-refractivity contribution in [2.45, 2.75) is 4.90 Å². The van der Waals surface area contributed by atoms with E-state index >= 15 is 0 Å². The Morgan fingerprint density at radius 1 is 1.10 bits per heavy atom. The highest BCUT2D eigenvalue weighted by Crippen LogP contribution is 2.28. The Labute approximate surface area is 110 Å². The Balaban J connectivity index is 3.40. The van der Waals surface area contributed by atoms with E-state index in [0.29, 0.717) is 18.2 Å². The lowest BCUT2D eigenvalue weighted by atomic mass is 10.3. The van der Waals surface area contributed by atoms with Crippen molar-refractivity contribution in [2.75, 3.05) is 0 Å². The fourth-order valence-electron chi connectivity index (χ4n) is 1.06. The Hall–Kier alpha value is -2.32. The second kappa shape index (κ2) is 4.99. The summed E-state index contributed by atoms with van der Waals surface area (Å²) in [6, 6.07) is 1.37. The van der Waals surface area contributed by atoms with Crippen molar-refractivity contribution in [2.24, 2.45) is 0 Å². The first-order valence-corrected chi connectivity index (χ1v) is 7.10. The van der Waals surface area contributed by atoms with Crippen molar-refractivity contribution in [3.63, 3.8) is 0 Å². The first-order chi connectivity index (χ1) is 8.95. The van der Waals surface area contributed by atoms with Crippen LogP contribution in [0.2, 0.25) is 0 Å². The van der Waals surface area contributed by atoms with Gasteiger partial charge in [-0.3, -0.25) is 14.7 Å². The lowest BCUT2D eigenvalue weighted by molar-refractivity contribution is -0.388. The number of nitrogens with zero attached hydrogens (tertiary/aromatic N) is 2. The summed E-state index contributed by atoms with van der Waals surface area (Å²) >= 11 is 0. The third kappa shape index (κ3) is 3.37. The van der Waals surface area contributed by atoms with Gasteiger partial charge in [0.1, 0.15) is 0 Å². The molecule has 0 saturated heterocycles. The minimum absolute atomic E-state index is 0.310. The third-order valence-electron chi connectivity index (χ3n) is 1.79. The van der Waals surface area contributed by atoms with Gasteiger partial charge in [0, 0.05) is 0 Å². The summed E-state index contributed by atoms with van der Waals surface area (Å²) in [6.45, 7) is 0. The number of hydrogen-bond acceptors (Lipinski definition) is 9. The fraction of sp³-hybridized carbons (Fsp3) is 0. The van der Waals surface area contributed by atoms with Gasteiger partial charge >= 0.3 is 20.4 Å². The summed E-state index contributed by atoms with van der Waals surface area (Å²) in [4.78, 5) is 18.3. The number of nitro benzene ring substituents is 1. The van der Waals surface area contributed by atoms with Gasteiger partial charge in [-0.2, -0.15) is 8.42 Å². The van der Waals surface area contributed by atoms with Gasteiger partial charge in [-0.1, -0.05) is 0 Å². The Kier molecular flexibility index (Phi) is 3.92. The lowest BCUT2D eigenvalue weighted by Gasteiger charge is -2.02. The maximum atomic E-state index is 10.8. The van der Waals surface area contributed by atoms with Crippen LogP contribution in [0.25, 0.3) is 0 Å². The van der Waals surface area contributed by atoms with Crippen LogP contribution in [0.1, 0.15) is 0 Å². The number of hydrogen-bond donors (Lipinski definition) is 1. The second-order valence-electron chi connectivity index (χ2n) is 3.10. The van der Waals surface area contributed by atoms with E-state index in [1.807, 2.05) is 0 Å². The van der Waals surface area contributed by atoms with E-state index in [-0.39, 0.29) is 0 Å². The maximum absolute atomic E-state index is 10.8. The first-order valence-electron chi connectivity index (χ1n) is 4.30. The molecule has 0 bridgehead atoms. The summed E-state index contributed by atoms with van der Waals surface area (Å²) in [5.41, 5.74) is -1.21. The molecular weight excluding hydrogens is 324 g/mol. The zero-order chi connectivity index (χ0) is 15.7. The molecule has 20 heavy (non-hydrogen) atoms. The molecule has 0 heterocycles. The van der Waals surface area contributed by atoms with E-state index in [9.17, 15) is 37.1 Å². The van der Waals surface area contributed by atoms with Crippen molar-refractivity contribution in [1.29, 1.82) is 0 Å². The van der Waals surface area contributed by atoms with Crippen molar-refractivity contribution >= 4 is 26.1 Å². The lowest BCUT2D eigenvalue weighted by Crippen LogP contribution is -2.19. The van der Waals surface area contributed by atoms with Gasteiger partial charge < -0.3 is 4.18 Å². The van der Waals surface area contributed by atoms with Gasteiger partial charge in [-0.15, -0.1) is 8.42 Å². The molecule has 0 fully saturated rings. The van der Waals surface area contributed by atoms with E-state index < -0.39 is 46.0 Å². The van der Waals surface area contributed by atoms with E-state index in [2.05, 4.69) is 4.18 Å². The molecule has 14 heteroatoms. The molecule has 0 aliphatic heterocycles. The first kappa shape index (κ1) is 15.7. The molecule has 0 amide bonds. The van der Waals surface area contributed by atoms with E-state index in [0.717, 1.165) is 0 Å². The quantitative estimate of drug-likeness (QED) is 0.429. The van der Waals surface area contributed by atoms with Crippen molar-refractivity contribution in [3.05, 3.63) is 38.4 Å². The smallest absolute Gasteiger partial charge is 0.330 e. The van der Waals surface area contributed by atoms with Crippen molar-refractivity contribution in [1.82, 2.24) is 0 Å². The van der Waals surface area contributed by atoms with Crippen LogP contribution in [-0.4, -0.2) is 30.6 Å². The number of nitro groups is 2. The van der Waals surface area contributed by atoms with Gasteiger partial charge in [0.15, 0.2) is 15.0 Å². The molecule has 1 N–H and O–H groups in total. The van der Waals surface area contributed by atoms with Crippen LogP contribution in [0.3, 0.4) is 0 Å². The van der Waals surface area contributed by atoms with Gasteiger partial charge in [0.2, 0.25) is 0 Å². The van der Waals surface area contributed by atoms with E-state index in [1.165, 1.54) is 0 Å². The van der Waals surface area contributed by atoms with Crippen molar-refractivity contribution < 1.29 is 34.8 Å². The monoisotopic (exact) mass is 328 g/mol. The molecule has 0 aliphatic rings. The highest BCUT2D eigenvalue weighted by atomic mass is 32.2. The summed E-state index contributed by atoms with van der Waals surface area (Å²) < 4.78 is 54.2. The number of rotatable bonds is 5. The molecule has 1 aromatic carbocycles. The molecule has 1 rings (SSSR count). The zero-order valence-electron chi connectivity index (χ0n) is 9.06. The Bertz CT molecular complexity index is 780. The normalized spacial score (nSPS) is 11.8. The van der Waals surface area contributed by atoms with E-state index in [4.69, 9.17) is 4.55 Å². The predicted molar refractivity (Wildman–Crippen MR) is 59.5 cm³/mol. The summed E-state index contributed by atoms with van der Waals surface area (Å²) in [7, 11) is -10.2. The van der Waals surface area contributed by atoms with Crippen LogP contribution in [-0.2, 0) is 20.4 Å².